The van der Waals surface area contributed by atoms with Crippen molar-refractivity contribution in [2.75, 3.05) is 17.3 Å². The minimum absolute atomic E-state index is 0.00710. The Labute approximate surface area is 122 Å². The summed E-state index contributed by atoms with van der Waals surface area (Å²) >= 11 is 1.49. The highest BCUT2D eigenvalue weighted by Gasteiger charge is 2.00. The van der Waals surface area contributed by atoms with Gasteiger partial charge in [-0.05, 0) is 42.5 Å². The van der Waals surface area contributed by atoms with Gasteiger partial charge in [0.25, 0.3) is 0 Å². The van der Waals surface area contributed by atoms with Crippen LogP contribution in [0.15, 0.2) is 48.7 Å². The third kappa shape index (κ3) is 4.45. The van der Waals surface area contributed by atoms with Crippen LogP contribution in [0.25, 0.3) is 0 Å². The number of rotatable bonds is 3. The number of nitrogens with one attached hydrogen (secondary N) is 1. The summed E-state index contributed by atoms with van der Waals surface area (Å²) in [5, 5.41) is 2.84. The van der Waals surface area contributed by atoms with Gasteiger partial charge in [0.05, 0.1) is 5.75 Å². The van der Waals surface area contributed by atoms with Gasteiger partial charge in [0.15, 0.2) is 0 Å². The van der Waals surface area contributed by atoms with Gasteiger partial charge in [-0.1, -0.05) is 18.1 Å². The van der Waals surface area contributed by atoms with Gasteiger partial charge >= 0.3 is 0 Å². The number of aromatic nitrogens is 1. The highest BCUT2D eigenvalue weighted by atomic mass is 32.2. The summed E-state index contributed by atoms with van der Waals surface area (Å²) in [6, 6.07) is 13.1. The molecule has 100 valence electrons. The van der Waals surface area contributed by atoms with Crippen LogP contribution in [0.1, 0.15) is 11.3 Å². The van der Waals surface area contributed by atoms with Crippen molar-refractivity contribution in [3.63, 3.8) is 0 Å². The first kappa shape index (κ1) is 14.2. The Morgan fingerprint density at radius 2 is 2.15 bits per heavy atom. The molecule has 0 radical (unpaired) electrons. The summed E-state index contributed by atoms with van der Waals surface area (Å²) in [5.41, 5.74) is 2.33. The molecule has 0 saturated carbocycles. The van der Waals surface area contributed by atoms with E-state index < -0.39 is 0 Å². The number of benzene rings is 1. The second-order valence-electron chi connectivity index (χ2n) is 4.03. The molecule has 3 nitrogen and oxygen atoms in total. The summed E-state index contributed by atoms with van der Waals surface area (Å²) in [5.74, 6) is 6.47. The third-order valence-corrected chi connectivity index (χ3v) is 2.97. The molecule has 1 N–H and O–H groups in total. The lowest BCUT2D eigenvalue weighted by molar-refractivity contribution is -0.113. The standard InChI is InChI=1S/C16H14N2OS/c1-20-12-16(19)18-15-7-4-5-13(11-15)8-9-14-6-2-3-10-17-14/h2-7,10-11H,12H2,1H3,(H,18,19). The van der Waals surface area contributed by atoms with Crippen LogP contribution in [0.4, 0.5) is 5.69 Å². The van der Waals surface area contributed by atoms with Gasteiger partial charge < -0.3 is 5.32 Å². The molecule has 20 heavy (non-hydrogen) atoms. The van der Waals surface area contributed by atoms with Crippen LogP contribution >= 0.6 is 11.8 Å². The Balaban J connectivity index is 2.11. The Hall–Kier alpha value is -2.25. The minimum Gasteiger partial charge on any atom is -0.325 e. The number of amides is 1. The lowest BCUT2D eigenvalue weighted by Gasteiger charge is -2.03. The maximum atomic E-state index is 11.5. The third-order valence-electron chi connectivity index (χ3n) is 2.42. The fourth-order valence-electron chi connectivity index (χ4n) is 1.58. The molecule has 0 aliphatic rings. The van der Waals surface area contributed by atoms with E-state index in [1.54, 1.807) is 6.20 Å². The van der Waals surface area contributed by atoms with Gasteiger partial charge in [0, 0.05) is 17.4 Å². The number of hydrogen-bond acceptors (Lipinski definition) is 3. The van der Waals surface area contributed by atoms with Gasteiger partial charge in [0.1, 0.15) is 5.69 Å². The number of carbonyl (C=O) groups is 1. The van der Waals surface area contributed by atoms with E-state index in [2.05, 4.69) is 22.1 Å². The SMILES string of the molecule is CSCC(=O)Nc1cccc(C#Cc2ccccn2)c1. The van der Waals surface area contributed by atoms with E-state index in [0.717, 1.165) is 16.9 Å². The topological polar surface area (TPSA) is 42.0 Å². The molecule has 0 atom stereocenters. The van der Waals surface area contributed by atoms with E-state index in [4.69, 9.17) is 0 Å². The molecule has 1 aromatic carbocycles. The van der Waals surface area contributed by atoms with Crippen LogP contribution in [0.2, 0.25) is 0 Å². The average Bonchev–Trinajstić information content (AvgIpc) is 2.47. The van der Waals surface area contributed by atoms with Crippen LogP contribution in [0.3, 0.4) is 0 Å². The van der Waals surface area contributed by atoms with Crippen molar-refractivity contribution in [3.05, 3.63) is 59.9 Å². The maximum Gasteiger partial charge on any atom is 0.234 e. The van der Waals surface area contributed by atoms with Gasteiger partial charge in [-0.2, -0.15) is 11.8 Å². The van der Waals surface area contributed by atoms with E-state index in [1.807, 2.05) is 48.7 Å². The zero-order chi connectivity index (χ0) is 14.2. The van der Waals surface area contributed by atoms with E-state index in [9.17, 15) is 4.79 Å². The Morgan fingerprint density at radius 1 is 1.25 bits per heavy atom. The summed E-state index contributed by atoms with van der Waals surface area (Å²) < 4.78 is 0. The largest absolute Gasteiger partial charge is 0.325 e. The van der Waals surface area contributed by atoms with Crippen LogP contribution in [-0.2, 0) is 4.79 Å². The smallest absolute Gasteiger partial charge is 0.234 e. The second-order valence-corrected chi connectivity index (χ2v) is 4.89. The molecule has 4 heteroatoms. The lowest BCUT2D eigenvalue weighted by atomic mass is 10.2. The van der Waals surface area contributed by atoms with Crippen LogP contribution in [0, 0.1) is 11.8 Å². The Kier molecular flexibility index (Phi) is 5.22. The number of carbonyl (C=O) groups excluding carboxylic acids is 1. The molecule has 2 aromatic rings. The molecule has 2 rings (SSSR count). The molecule has 0 bridgehead atoms. The van der Waals surface area contributed by atoms with Gasteiger partial charge in [-0.15, -0.1) is 0 Å². The second kappa shape index (κ2) is 7.37. The van der Waals surface area contributed by atoms with Gasteiger partial charge in [0.2, 0.25) is 5.91 Å². The summed E-state index contributed by atoms with van der Waals surface area (Å²) in [6.45, 7) is 0. The van der Waals surface area contributed by atoms with Crippen LogP contribution in [-0.4, -0.2) is 22.9 Å². The molecule has 0 spiro atoms. The number of hydrogen-bond donors (Lipinski definition) is 1. The number of thioether (sulfide) groups is 1. The zero-order valence-corrected chi connectivity index (χ0v) is 11.9. The predicted octanol–water partition coefficient (Wildman–Crippen LogP) is 2.78. The first-order valence-electron chi connectivity index (χ1n) is 6.10. The monoisotopic (exact) mass is 282 g/mol. The van der Waals surface area contributed by atoms with Crippen LogP contribution in [0.5, 0.6) is 0 Å². The van der Waals surface area contributed by atoms with E-state index >= 15 is 0 Å². The van der Waals surface area contributed by atoms with Crippen molar-refractivity contribution in [3.8, 4) is 11.8 Å². The zero-order valence-electron chi connectivity index (χ0n) is 11.1. The van der Waals surface area contributed by atoms with E-state index in [0.29, 0.717) is 5.75 Å². The molecule has 0 aliphatic carbocycles. The van der Waals surface area contributed by atoms with Crippen molar-refractivity contribution in [2.45, 2.75) is 0 Å². The molecular formula is C16H14N2OS. The summed E-state index contributed by atoms with van der Waals surface area (Å²) in [7, 11) is 0. The quantitative estimate of drug-likeness (QED) is 0.880. The molecule has 0 unspecified atom stereocenters. The molecule has 1 heterocycles. The van der Waals surface area contributed by atoms with Crippen molar-refractivity contribution in [1.29, 1.82) is 0 Å². The van der Waals surface area contributed by atoms with Crippen molar-refractivity contribution >= 4 is 23.4 Å². The Bertz CT molecular complexity index is 644. The maximum absolute atomic E-state index is 11.5. The normalized spacial score (nSPS) is 9.45. The predicted molar refractivity (Wildman–Crippen MR) is 83.7 cm³/mol. The Morgan fingerprint density at radius 3 is 2.90 bits per heavy atom. The molecule has 0 fully saturated rings. The van der Waals surface area contributed by atoms with E-state index in [1.165, 1.54) is 11.8 Å². The number of nitrogens with zero attached hydrogens (tertiary/aromatic N) is 1. The molecule has 1 amide bonds. The fraction of sp³-hybridized carbons (Fsp3) is 0.125. The fourth-order valence-corrected chi connectivity index (χ4v) is 1.91. The number of anilines is 1. The average molecular weight is 282 g/mol. The molecule has 0 aliphatic heterocycles. The summed E-state index contributed by atoms with van der Waals surface area (Å²) in [6.07, 6.45) is 3.61. The van der Waals surface area contributed by atoms with Crippen molar-refractivity contribution in [1.82, 2.24) is 4.98 Å². The van der Waals surface area contributed by atoms with Gasteiger partial charge in [-0.3, -0.25) is 4.79 Å². The van der Waals surface area contributed by atoms with E-state index in [-0.39, 0.29) is 5.91 Å². The first-order chi connectivity index (χ1) is 9.78. The molecule has 0 saturated heterocycles. The lowest BCUT2D eigenvalue weighted by Crippen LogP contribution is -2.13. The molecule has 1 aromatic heterocycles. The number of pyridine rings is 1. The summed E-state index contributed by atoms with van der Waals surface area (Å²) in [4.78, 5) is 15.7. The highest BCUT2D eigenvalue weighted by Crippen LogP contribution is 2.10. The van der Waals surface area contributed by atoms with Gasteiger partial charge in [-0.25, -0.2) is 4.98 Å². The van der Waals surface area contributed by atoms with Crippen molar-refractivity contribution < 1.29 is 4.79 Å². The minimum atomic E-state index is -0.00710. The highest BCUT2D eigenvalue weighted by molar-refractivity contribution is 7.99. The van der Waals surface area contributed by atoms with Crippen LogP contribution < -0.4 is 5.32 Å². The van der Waals surface area contributed by atoms with Crippen molar-refractivity contribution in [2.24, 2.45) is 0 Å². The molecular weight excluding hydrogens is 268 g/mol. The first-order valence-corrected chi connectivity index (χ1v) is 7.49.